The number of ether oxygens (including phenoxy) is 1. The number of esters is 1. The normalized spacial score (nSPS) is 11.5. The highest BCUT2D eigenvalue weighted by Gasteiger charge is 2.27. The van der Waals surface area contributed by atoms with Crippen LogP contribution in [0.3, 0.4) is 0 Å². The number of hydrogen-bond acceptors (Lipinski definition) is 4. The molecule has 15 heavy (non-hydrogen) atoms. The molecule has 1 heterocycles. The van der Waals surface area contributed by atoms with Crippen molar-refractivity contribution in [1.82, 2.24) is 14.9 Å². The molecule has 0 aliphatic heterocycles. The molecule has 5 heteroatoms. The number of carbonyl (C=O) groups excluding carboxylic acids is 1. The molecule has 1 rings (SSSR count). The first-order chi connectivity index (χ1) is 6.97. The molecule has 0 radical (unpaired) electrons. The molecule has 1 N–H and O–H groups in total. The van der Waals surface area contributed by atoms with Gasteiger partial charge in [-0.25, -0.2) is 4.98 Å². The summed E-state index contributed by atoms with van der Waals surface area (Å²) < 4.78 is 6.59. The first-order valence-corrected chi connectivity index (χ1v) is 4.76. The maximum atomic E-state index is 11.4. The Morgan fingerprint density at radius 2 is 2.33 bits per heavy atom. The van der Waals surface area contributed by atoms with Gasteiger partial charge in [0.15, 0.2) is 0 Å². The number of nitrogens with one attached hydrogen (secondary N) is 1. The lowest BCUT2D eigenvalue weighted by atomic mass is 10.1. The molecule has 0 unspecified atom stereocenters. The Hall–Kier alpha value is -1.36. The van der Waals surface area contributed by atoms with Crippen LogP contribution in [0.4, 0.5) is 0 Å². The molecule has 1 aromatic rings. The van der Waals surface area contributed by atoms with Gasteiger partial charge in [-0.3, -0.25) is 10.1 Å². The molecule has 0 aromatic carbocycles. The highest BCUT2D eigenvalue weighted by atomic mass is 16.5. The van der Waals surface area contributed by atoms with E-state index in [2.05, 4.69) is 10.3 Å². The average Bonchev–Trinajstić information content (AvgIpc) is 2.60. The number of nitrogens with zero attached hydrogens (tertiary/aromatic N) is 2. The fraction of sp³-hybridized carbons (Fsp3) is 0.600. The summed E-state index contributed by atoms with van der Waals surface area (Å²) >= 11 is 0. The minimum Gasteiger partial charge on any atom is -0.468 e. The van der Waals surface area contributed by atoms with Crippen LogP contribution < -0.4 is 5.32 Å². The van der Waals surface area contributed by atoms with Gasteiger partial charge in [-0.05, 0) is 13.8 Å². The van der Waals surface area contributed by atoms with E-state index in [9.17, 15) is 4.79 Å². The van der Waals surface area contributed by atoms with Crippen LogP contribution in [0, 0.1) is 0 Å². The zero-order chi connectivity index (χ0) is 11.5. The van der Waals surface area contributed by atoms with E-state index in [4.69, 9.17) is 4.74 Å². The zero-order valence-corrected chi connectivity index (χ0v) is 9.57. The first kappa shape index (κ1) is 11.7. The third-order valence-electron chi connectivity index (χ3n) is 2.32. The predicted molar refractivity (Wildman–Crippen MR) is 56.1 cm³/mol. The lowest BCUT2D eigenvalue weighted by Crippen LogP contribution is -2.47. The number of imidazole rings is 1. The van der Waals surface area contributed by atoms with Crippen LogP contribution in [0.25, 0.3) is 0 Å². The Morgan fingerprint density at radius 3 is 2.80 bits per heavy atom. The molecule has 0 bridgehead atoms. The number of aryl methyl sites for hydroxylation is 1. The van der Waals surface area contributed by atoms with Crippen molar-refractivity contribution in [1.29, 1.82) is 0 Å². The summed E-state index contributed by atoms with van der Waals surface area (Å²) in [7, 11) is 3.30. The van der Waals surface area contributed by atoms with E-state index in [1.165, 1.54) is 7.11 Å². The smallest absolute Gasteiger partial charge is 0.325 e. The van der Waals surface area contributed by atoms with Crippen LogP contribution in [0.2, 0.25) is 0 Å². The summed E-state index contributed by atoms with van der Waals surface area (Å²) in [5, 5.41) is 3.12. The van der Waals surface area contributed by atoms with Crippen molar-refractivity contribution in [3.63, 3.8) is 0 Å². The average molecular weight is 211 g/mol. The molecule has 0 aliphatic rings. The Kier molecular flexibility index (Phi) is 3.47. The van der Waals surface area contributed by atoms with E-state index < -0.39 is 5.54 Å². The number of methoxy groups -OCH3 is 1. The second-order valence-electron chi connectivity index (χ2n) is 3.97. The Bertz CT molecular complexity index is 344. The zero-order valence-electron chi connectivity index (χ0n) is 9.57. The van der Waals surface area contributed by atoms with Crippen molar-refractivity contribution in [2.45, 2.75) is 25.9 Å². The molecule has 0 spiro atoms. The lowest BCUT2D eigenvalue weighted by Gasteiger charge is -2.23. The van der Waals surface area contributed by atoms with Gasteiger partial charge in [0.2, 0.25) is 0 Å². The van der Waals surface area contributed by atoms with Crippen molar-refractivity contribution < 1.29 is 9.53 Å². The molecule has 84 valence electrons. The molecule has 0 saturated heterocycles. The molecule has 0 atom stereocenters. The topological polar surface area (TPSA) is 56.1 Å². The molecule has 0 saturated carbocycles. The van der Waals surface area contributed by atoms with Crippen LogP contribution >= 0.6 is 0 Å². The highest BCUT2D eigenvalue weighted by molar-refractivity contribution is 5.79. The minimum atomic E-state index is -0.682. The summed E-state index contributed by atoms with van der Waals surface area (Å²) in [5.41, 5.74) is 0.339. The fourth-order valence-electron chi connectivity index (χ4n) is 1.19. The van der Waals surface area contributed by atoms with E-state index in [1.807, 2.05) is 11.6 Å². The summed E-state index contributed by atoms with van der Waals surface area (Å²) in [6.07, 6.45) is 3.49. The van der Waals surface area contributed by atoms with Gasteiger partial charge in [0.25, 0.3) is 0 Å². The van der Waals surface area contributed by atoms with Crippen molar-refractivity contribution in [2.75, 3.05) is 7.11 Å². The van der Waals surface area contributed by atoms with Crippen LogP contribution in [0.5, 0.6) is 0 Å². The predicted octanol–water partition coefficient (Wildman–Crippen LogP) is 0.461. The number of rotatable bonds is 4. The van der Waals surface area contributed by atoms with Gasteiger partial charge >= 0.3 is 5.97 Å². The van der Waals surface area contributed by atoms with E-state index in [1.54, 1.807) is 26.4 Å². The molecule has 0 aliphatic carbocycles. The summed E-state index contributed by atoms with van der Waals surface area (Å²) in [4.78, 5) is 15.4. The molecule has 5 nitrogen and oxygen atoms in total. The standard InChI is InChI=1S/C10H17N3O2/c1-10(2,9(14)15-4)12-6-8-5-11-7-13(8)3/h5,7,12H,6H2,1-4H3. The van der Waals surface area contributed by atoms with Gasteiger partial charge in [-0.2, -0.15) is 0 Å². The minimum absolute atomic E-state index is 0.273. The van der Waals surface area contributed by atoms with Crippen molar-refractivity contribution in [3.8, 4) is 0 Å². The third-order valence-corrected chi connectivity index (χ3v) is 2.32. The van der Waals surface area contributed by atoms with E-state index in [0.29, 0.717) is 6.54 Å². The first-order valence-electron chi connectivity index (χ1n) is 4.76. The van der Waals surface area contributed by atoms with Crippen molar-refractivity contribution in [2.24, 2.45) is 7.05 Å². The van der Waals surface area contributed by atoms with Gasteiger partial charge in [0, 0.05) is 19.8 Å². The van der Waals surface area contributed by atoms with Gasteiger partial charge in [0.05, 0.1) is 19.1 Å². The highest BCUT2D eigenvalue weighted by Crippen LogP contribution is 2.06. The van der Waals surface area contributed by atoms with Gasteiger partial charge in [-0.15, -0.1) is 0 Å². The quantitative estimate of drug-likeness (QED) is 0.735. The Balaban J connectivity index is 2.57. The maximum Gasteiger partial charge on any atom is 0.325 e. The Morgan fingerprint density at radius 1 is 1.67 bits per heavy atom. The lowest BCUT2D eigenvalue weighted by molar-refractivity contribution is -0.147. The second-order valence-corrected chi connectivity index (χ2v) is 3.97. The van der Waals surface area contributed by atoms with Gasteiger partial charge in [-0.1, -0.05) is 0 Å². The summed E-state index contributed by atoms with van der Waals surface area (Å²) in [5.74, 6) is -0.273. The van der Waals surface area contributed by atoms with Gasteiger partial charge in [0.1, 0.15) is 5.54 Å². The van der Waals surface area contributed by atoms with E-state index in [0.717, 1.165) is 5.69 Å². The fourth-order valence-corrected chi connectivity index (χ4v) is 1.19. The van der Waals surface area contributed by atoms with Gasteiger partial charge < -0.3 is 9.30 Å². The SMILES string of the molecule is COC(=O)C(C)(C)NCc1cncn1C. The monoisotopic (exact) mass is 211 g/mol. The van der Waals surface area contributed by atoms with E-state index >= 15 is 0 Å². The van der Waals surface area contributed by atoms with Crippen LogP contribution in [-0.4, -0.2) is 28.2 Å². The Labute approximate surface area is 89.4 Å². The number of aromatic nitrogens is 2. The second kappa shape index (κ2) is 4.44. The molecular formula is C10H17N3O2. The molecular weight excluding hydrogens is 194 g/mol. The number of carbonyl (C=O) groups is 1. The molecule has 0 amide bonds. The van der Waals surface area contributed by atoms with Crippen molar-refractivity contribution >= 4 is 5.97 Å². The van der Waals surface area contributed by atoms with Crippen LogP contribution in [0.15, 0.2) is 12.5 Å². The number of hydrogen-bond donors (Lipinski definition) is 1. The third kappa shape index (κ3) is 2.79. The summed E-state index contributed by atoms with van der Waals surface area (Å²) in [6, 6.07) is 0. The maximum absolute atomic E-state index is 11.4. The summed E-state index contributed by atoms with van der Waals surface area (Å²) in [6.45, 7) is 4.16. The van der Waals surface area contributed by atoms with Crippen molar-refractivity contribution in [3.05, 3.63) is 18.2 Å². The van der Waals surface area contributed by atoms with E-state index in [-0.39, 0.29) is 5.97 Å². The van der Waals surface area contributed by atoms with Crippen LogP contribution in [0.1, 0.15) is 19.5 Å². The van der Waals surface area contributed by atoms with Crippen LogP contribution in [-0.2, 0) is 23.1 Å². The molecule has 0 fully saturated rings. The largest absolute Gasteiger partial charge is 0.468 e. The molecule has 1 aromatic heterocycles.